The lowest BCUT2D eigenvalue weighted by Gasteiger charge is -2.03. The van der Waals surface area contributed by atoms with E-state index in [4.69, 9.17) is 9.15 Å². The van der Waals surface area contributed by atoms with E-state index in [1.54, 1.807) is 12.1 Å². The van der Waals surface area contributed by atoms with Gasteiger partial charge in [0.2, 0.25) is 11.8 Å². The molecule has 0 unspecified atom stereocenters. The van der Waals surface area contributed by atoms with E-state index in [9.17, 15) is 5.11 Å². The summed E-state index contributed by atoms with van der Waals surface area (Å²) in [6.45, 7) is 0. The number of aromatic hydroxyl groups is 1. The van der Waals surface area contributed by atoms with Gasteiger partial charge in [-0.05, 0) is 42.5 Å². The highest BCUT2D eigenvalue weighted by atomic mass is 79.9. The summed E-state index contributed by atoms with van der Waals surface area (Å²) < 4.78 is 11.7. The molecule has 0 fully saturated rings. The lowest BCUT2D eigenvalue weighted by molar-refractivity contribution is 0.373. The fourth-order valence-electron chi connectivity index (χ4n) is 1.86. The van der Waals surface area contributed by atoms with Crippen LogP contribution in [0.15, 0.2) is 51.4 Å². The fourth-order valence-corrected chi connectivity index (χ4v) is 2.12. The van der Waals surface area contributed by atoms with E-state index in [-0.39, 0.29) is 5.75 Å². The summed E-state index contributed by atoms with van der Waals surface area (Å²) in [5.41, 5.74) is 1.52. The summed E-state index contributed by atoms with van der Waals surface area (Å²) in [6, 6.07) is 12.5. The monoisotopic (exact) mass is 346 g/mol. The van der Waals surface area contributed by atoms with Crippen LogP contribution in [0.4, 0.5) is 0 Å². The van der Waals surface area contributed by atoms with Gasteiger partial charge in [-0.1, -0.05) is 15.9 Å². The number of phenols is 1. The predicted molar refractivity (Wildman–Crippen MR) is 81.1 cm³/mol. The molecule has 0 aliphatic rings. The lowest BCUT2D eigenvalue weighted by atomic mass is 10.2. The Morgan fingerprint density at radius 1 is 1.00 bits per heavy atom. The third-order valence-corrected chi connectivity index (χ3v) is 3.47. The van der Waals surface area contributed by atoms with Crippen LogP contribution in [0.2, 0.25) is 0 Å². The van der Waals surface area contributed by atoms with E-state index in [1.807, 2.05) is 24.3 Å². The second kappa shape index (κ2) is 5.57. The van der Waals surface area contributed by atoms with Crippen LogP contribution < -0.4 is 4.74 Å². The minimum Gasteiger partial charge on any atom is -0.504 e. The zero-order valence-electron chi connectivity index (χ0n) is 11.1. The number of phenolic OH excluding ortho intramolecular Hbond substituents is 1. The first-order chi connectivity index (χ1) is 10.2. The van der Waals surface area contributed by atoms with Crippen molar-refractivity contribution >= 4 is 15.9 Å². The second-order valence-electron chi connectivity index (χ2n) is 4.31. The first kappa shape index (κ1) is 13.6. The molecule has 0 saturated carbocycles. The molecule has 0 aliphatic heterocycles. The van der Waals surface area contributed by atoms with Crippen molar-refractivity contribution in [3.63, 3.8) is 0 Å². The van der Waals surface area contributed by atoms with Crippen LogP contribution in [0, 0.1) is 0 Å². The quantitative estimate of drug-likeness (QED) is 0.779. The normalized spacial score (nSPS) is 10.6. The lowest BCUT2D eigenvalue weighted by Crippen LogP contribution is -1.85. The molecule has 0 amide bonds. The average molecular weight is 347 g/mol. The molecule has 3 aromatic rings. The highest BCUT2D eigenvalue weighted by Crippen LogP contribution is 2.32. The van der Waals surface area contributed by atoms with Gasteiger partial charge < -0.3 is 14.3 Å². The van der Waals surface area contributed by atoms with E-state index in [0.29, 0.717) is 23.1 Å². The average Bonchev–Trinajstić information content (AvgIpc) is 2.98. The van der Waals surface area contributed by atoms with Crippen molar-refractivity contribution in [3.8, 4) is 34.4 Å². The van der Waals surface area contributed by atoms with E-state index in [1.165, 1.54) is 13.2 Å². The molecule has 21 heavy (non-hydrogen) atoms. The smallest absolute Gasteiger partial charge is 0.248 e. The molecule has 0 bridgehead atoms. The van der Waals surface area contributed by atoms with E-state index in [0.717, 1.165) is 10.0 Å². The summed E-state index contributed by atoms with van der Waals surface area (Å²) in [5.74, 6) is 1.22. The van der Waals surface area contributed by atoms with E-state index >= 15 is 0 Å². The van der Waals surface area contributed by atoms with Crippen molar-refractivity contribution in [2.45, 2.75) is 0 Å². The first-order valence-corrected chi connectivity index (χ1v) is 6.93. The summed E-state index contributed by atoms with van der Waals surface area (Å²) >= 11 is 3.38. The van der Waals surface area contributed by atoms with Crippen LogP contribution in [0.1, 0.15) is 0 Å². The minimum absolute atomic E-state index is 0.0638. The van der Waals surface area contributed by atoms with E-state index < -0.39 is 0 Å². The van der Waals surface area contributed by atoms with Crippen LogP contribution in [-0.2, 0) is 0 Å². The second-order valence-corrected chi connectivity index (χ2v) is 5.22. The molecule has 0 aliphatic carbocycles. The van der Waals surface area contributed by atoms with Gasteiger partial charge in [-0.3, -0.25) is 0 Å². The maximum Gasteiger partial charge on any atom is 0.248 e. The van der Waals surface area contributed by atoms with Gasteiger partial charge >= 0.3 is 0 Å². The van der Waals surface area contributed by atoms with Crippen molar-refractivity contribution in [3.05, 3.63) is 46.9 Å². The maximum atomic E-state index is 9.59. The van der Waals surface area contributed by atoms with Crippen molar-refractivity contribution in [1.29, 1.82) is 0 Å². The van der Waals surface area contributed by atoms with Crippen molar-refractivity contribution in [2.24, 2.45) is 0 Å². The topological polar surface area (TPSA) is 68.4 Å². The molecular formula is C15H11BrN2O3. The van der Waals surface area contributed by atoms with Gasteiger partial charge in [0.05, 0.1) is 7.11 Å². The molecule has 0 saturated heterocycles. The van der Waals surface area contributed by atoms with Crippen molar-refractivity contribution < 1.29 is 14.3 Å². The van der Waals surface area contributed by atoms with Gasteiger partial charge in [-0.25, -0.2) is 0 Å². The molecule has 106 valence electrons. The molecular weight excluding hydrogens is 336 g/mol. The molecule has 5 nitrogen and oxygen atoms in total. The SMILES string of the molecule is COc1cc(-c2nnc(-c3ccc(Br)cc3)o2)ccc1O. The van der Waals surface area contributed by atoms with Crippen LogP contribution >= 0.6 is 15.9 Å². The Morgan fingerprint density at radius 3 is 2.29 bits per heavy atom. The first-order valence-electron chi connectivity index (χ1n) is 6.14. The standard InChI is InChI=1S/C15H11BrN2O3/c1-20-13-8-10(4-7-12(13)19)15-18-17-14(21-15)9-2-5-11(16)6-3-9/h2-8,19H,1H3. The Hall–Kier alpha value is -2.34. The van der Waals surface area contributed by atoms with Crippen LogP contribution in [-0.4, -0.2) is 22.4 Å². The Balaban J connectivity index is 1.96. The molecule has 1 N–H and O–H groups in total. The summed E-state index contributed by atoms with van der Waals surface area (Å²) in [5, 5.41) is 17.7. The molecule has 1 heterocycles. The summed E-state index contributed by atoms with van der Waals surface area (Å²) in [7, 11) is 1.49. The number of aromatic nitrogens is 2. The fraction of sp³-hybridized carbons (Fsp3) is 0.0667. The minimum atomic E-state index is 0.0638. The Morgan fingerprint density at radius 2 is 1.62 bits per heavy atom. The zero-order chi connectivity index (χ0) is 14.8. The van der Waals surface area contributed by atoms with Gasteiger partial charge in [0.15, 0.2) is 11.5 Å². The van der Waals surface area contributed by atoms with Crippen LogP contribution in [0.25, 0.3) is 22.9 Å². The number of ether oxygens (including phenoxy) is 1. The largest absolute Gasteiger partial charge is 0.504 e. The number of halogens is 1. The Bertz CT molecular complexity index is 769. The third-order valence-electron chi connectivity index (χ3n) is 2.94. The van der Waals surface area contributed by atoms with Gasteiger partial charge in [-0.15, -0.1) is 10.2 Å². The number of nitrogens with zero attached hydrogens (tertiary/aromatic N) is 2. The summed E-state index contributed by atoms with van der Waals surface area (Å²) in [6.07, 6.45) is 0. The number of benzene rings is 2. The number of rotatable bonds is 3. The van der Waals surface area contributed by atoms with Gasteiger partial charge in [0.1, 0.15) is 0 Å². The van der Waals surface area contributed by atoms with Crippen molar-refractivity contribution in [1.82, 2.24) is 10.2 Å². The van der Waals surface area contributed by atoms with Crippen molar-refractivity contribution in [2.75, 3.05) is 7.11 Å². The van der Waals surface area contributed by atoms with Crippen LogP contribution in [0.3, 0.4) is 0 Å². The highest BCUT2D eigenvalue weighted by Gasteiger charge is 2.12. The van der Waals surface area contributed by atoms with Gasteiger partial charge in [0, 0.05) is 15.6 Å². The highest BCUT2D eigenvalue weighted by molar-refractivity contribution is 9.10. The molecule has 6 heteroatoms. The zero-order valence-corrected chi connectivity index (χ0v) is 12.7. The van der Waals surface area contributed by atoms with Gasteiger partial charge in [0.25, 0.3) is 0 Å². The number of methoxy groups -OCH3 is 1. The molecule has 0 radical (unpaired) electrons. The summed E-state index contributed by atoms with van der Waals surface area (Å²) in [4.78, 5) is 0. The van der Waals surface area contributed by atoms with E-state index in [2.05, 4.69) is 26.1 Å². The number of hydrogen-bond donors (Lipinski definition) is 1. The van der Waals surface area contributed by atoms with Gasteiger partial charge in [-0.2, -0.15) is 0 Å². The molecule has 3 rings (SSSR count). The molecule has 0 atom stereocenters. The Labute approximate surface area is 129 Å². The third kappa shape index (κ3) is 2.75. The molecule has 1 aromatic heterocycles. The maximum absolute atomic E-state index is 9.59. The van der Waals surface area contributed by atoms with Crippen LogP contribution in [0.5, 0.6) is 11.5 Å². The molecule has 2 aromatic carbocycles. The predicted octanol–water partition coefficient (Wildman–Crippen LogP) is 3.88. The molecule has 0 spiro atoms. The Kier molecular flexibility index (Phi) is 3.62. The number of hydrogen-bond acceptors (Lipinski definition) is 5.